The van der Waals surface area contributed by atoms with Crippen LogP contribution in [0.1, 0.15) is 23.6 Å². The Hall–Kier alpha value is -1.57. The number of piperazine rings is 1. The van der Waals surface area contributed by atoms with E-state index in [1.807, 2.05) is 25.1 Å². The van der Waals surface area contributed by atoms with Crippen molar-refractivity contribution in [2.75, 3.05) is 26.2 Å². The van der Waals surface area contributed by atoms with Gasteiger partial charge in [-0.25, -0.2) is 0 Å². The lowest BCUT2D eigenvalue weighted by atomic mass is 9.98. The van der Waals surface area contributed by atoms with Gasteiger partial charge in [-0.2, -0.15) is 5.26 Å². The quantitative estimate of drug-likeness (QED) is 0.848. The van der Waals surface area contributed by atoms with Gasteiger partial charge in [0.05, 0.1) is 18.5 Å². The number of hydrogen-bond acceptors (Lipinski definition) is 4. The molecule has 0 unspecified atom stereocenters. The smallest absolute Gasteiger partial charge is 0.123 e. The van der Waals surface area contributed by atoms with Crippen molar-refractivity contribution in [1.82, 2.24) is 10.2 Å². The van der Waals surface area contributed by atoms with Gasteiger partial charge < -0.3 is 10.4 Å². The van der Waals surface area contributed by atoms with E-state index in [0.29, 0.717) is 12.2 Å². The Morgan fingerprint density at radius 1 is 1.44 bits per heavy atom. The average Bonchev–Trinajstić information content (AvgIpc) is 2.41. The van der Waals surface area contributed by atoms with Gasteiger partial charge in [-0.05, 0) is 12.5 Å². The van der Waals surface area contributed by atoms with E-state index in [1.54, 1.807) is 0 Å². The molecule has 1 atom stereocenters. The first-order valence-electron chi connectivity index (χ1n) is 6.34. The molecule has 1 aliphatic heterocycles. The van der Waals surface area contributed by atoms with Gasteiger partial charge in [0.1, 0.15) is 5.75 Å². The zero-order chi connectivity index (χ0) is 13.0. The number of rotatable bonds is 3. The zero-order valence-corrected chi connectivity index (χ0v) is 10.7. The highest BCUT2D eigenvalue weighted by Crippen LogP contribution is 2.33. The molecule has 1 saturated heterocycles. The van der Waals surface area contributed by atoms with Crippen LogP contribution in [0.25, 0.3) is 0 Å². The first-order valence-corrected chi connectivity index (χ1v) is 6.34. The highest BCUT2D eigenvalue weighted by molar-refractivity contribution is 5.41. The van der Waals surface area contributed by atoms with E-state index in [2.05, 4.69) is 16.3 Å². The van der Waals surface area contributed by atoms with Gasteiger partial charge in [-0.1, -0.05) is 18.2 Å². The summed E-state index contributed by atoms with van der Waals surface area (Å²) in [5, 5.41) is 22.5. The van der Waals surface area contributed by atoms with Crippen molar-refractivity contribution < 1.29 is 5.11 Å². The van der Waals surface area contributed by atoms with Crippen molar-refractivity contribution in [2.45, 2.75) is 19.4 Å². The van der Waals surface area contributed by atoms with Crippen LogP contribution in [0.5, 0.6) is 5.75 Å². The fourth-order valence-corrected chi connectivity index (χ4v) is 2.47. The van der Waals surface area contributed by atoms with Crippen LogP contribution >= 0.6 is 0 Å². The maximum Gasteiger partial charge on any atom is 0.123 e. The second-order valence-corrected chi connectivity index (χ2v) is 4.68. The number of para-hydroxylation sites is 1. The molecule has 0 spiro atoms. The predicted octanol–water partition coefficient (Wildman–Crippen LogP) is 1.56. The third-order valence-electron chi connectivity index (χ3n) is 3.50. The van der Waals surface area contributed by atoms with Crippen molar-refractivity contribution in [2.24, 2.45) is 0 Å². The number of nitrogens with one attached hydrogen (secondary N) is 1. The van der Waals surface area contributed by atoms with Crippen LogP contribution in [0.15, 0.2) is 18.2 Å². The van der Waals surface area contributed by atoms with Crippen molar-refractivity contribution in [1.29, 1.82) is 5.26 Å². The Morgan fingerprint density at radius 3 is 2.83 bits per heavy atom. The largest absolute Gasteiger partial charge is 0.507 e. The molecule has 0 aliphatic carbocycles. The summed E-state index contributed by atoms with van der Waals surface area (Å²) in [6, 6.07) is 7.99. The third-order valence-corrected chi connectivity index (χ3v) is 3.50. The molecule has 0 amide bonds. The zero-order valence-electron chi connectivity index (χ0n) is 10.7. The van der Waals surface area contributed by atoms with Gasteiger partial charge in [-0.3, -0.25) is 4.90 Å². The number of phenolic OH excluding ortho intramolecular Hbond substituents is 1. The van der Waals surface area contributed by atoms with E-state index in [-0.39, 0.29) is 6.04 Å². The predicted molar refractivity (Wildman–Crippen MR) is 70.3 cm³/mol. The van der Waals surface area contributed by atoms with Crippen molar-refractivity contribution >= 4 is 0 Å². The Kier molecular flexibility index (Phi) is 4.19. The van der Waals surface area contributed by atoms with E-state index < -0.39 is 0 Å². The van der Waals surface area contributed by atoms with Crippen LogP contribution in [-0.2, 0) is 0 Å². The first kappa shape index (κ1) is 12.9. The van der Waals surface area contributed by atoms with Crippen LogP contribution in [0.3, 0.4) is 0 Å². The average molecular weight is 245 g/mol. The fraction of sp³-hybridized carbons (Fsp3) is 0.500. The van der Waals surface area contributed by atoms with Gasteiger partial charge in [0.25, 0.3) is 0 Å². The molecule has 2 N–H and O–H groups in total. The summed E-state index contributed by atoms with van der Waals surface area (Å²) in [5.41, 5.74) is 1.74. The Morgan fingerprint density at radius 2 is 2.17 bits per heavy atom. The van der Waals surface area contributed by atoms with Crippen LogP contribution in [-0.4, -0.2) is 36.2 Å². The molecule has 4 heteroatoms. The molecule has 2 rings (SSSR count). The maximum atomic E-state index is 10.2. The molecule has 1 fully saturated rings. The summed E-state index contributed by atoms with van der Waals surface area (Å²) < 4.78 is 0. The maximum absolute atomic E-state index is 10.2. The molecule has 0 saturated carbocycles. The van der Waals surface area contributed by atoms with E-state index in [0.717, 1.165) is 37.3 Å². The lowest BCUT2D eigenvalue weighted by molar-refractivity contribution is 0.173. The summed E-state index contributed by atoms with van der Waals surface area (Å²) >= 11 is 0. The molecule has 0 bridgehead atoms. The highest BCUT2D eigenvalue weighted by Gasteiger charge is 2.24. The van der Waals surface area contributed by atoms with Crippen molar-refractivity contribution in [3.05, 3.63) is 29.3 Å². The van der Waals surface area contributed by atoms with Gasteiger partial charge in [0.15, 0.2) is 0 Å². The lowest BCUT2D eigenvalue weighted by Crippen LogP contribution is -2.45. The number of benzene rings is 1. The van der Waals surface area contributed by atoms with Crippen LogP contribution in [0.2, 0.25) is 0 Å². The van der Waals surface area contributed by atoms with Gasteiger partial charge in [-0.15, -0.1) is 0 Å². The first-order chi connectivity index (χ1) is 8.74. The van der Waals surface area contributed by atoms with E-state index in [9.17, 15) is 5.11 Å². The molecule has 1 aliphatic rings. The molecule has 1 heterocycles. The van der Waals surface area contributed by atoms with Crippen molar-refractivity contribution in [3.8, 4) is 11.8 Å². The minimum Gasteiger partial charge on any atom is -0.507 e. The molecular weight excluding hydrogens is 226 g/mol. The number of phenols is 1. The monoisotopic (exact) mass is 245 g/mol. The van der Waals surface area contributed by atoms with Crippen LogP contribution in [0.4, 0.5) is 0 Å². The number of nitriles is 1. The van der Waals surface area contributed by atoms with Gasteiger partial charge in [0.2, 0.25) is 0 Å². The standard InChI is InChI=1S/C14H19N3O/c1-11-3-2-4-12(14(11)18)13(5-6-15)17-9-7-16-8-10-17/h2-4,13,16,18H,5,7-10H2,1H3/t13-/m1/s1. The van der Waals surface area contributed by atoms with Gasteiger partial charge in [0, 0.05) is 31.7 Å². The molecule has 18 heavy (non-hydrogen) atoms. The minimum absolute atomic E-state index is 0.00278. The van der Waals surface area contributed by atoms with E-state index in [4.69, 9.17) is 5.26 Å². The number of aromatic hydroxyl groups is 1. The normalized spacial score (nSPS) is 18.2. The summed E-state index contributed by atoms with van der Waals surface area (Å²) in [7, 11) is 0. The highest BCUT2D eigenvalue weighted by atomic mass is 16.3. The summed E-state index contributed by atoms with van der Waals surface area (Å²) in [4.78, 5) is 2.27. The molecule has 96 valence electrons. The van der Waals surface area contributed by atoms with E-state index in [1.165, 1.54) is 0 Å². The molecule has 0 aromatic heterocycles. The Bertz CT molecular complexity index is 447. The fourth-order valence-electron chi connectivity index (χ4n) is 2.47. The second-order valence-electron chi connectivity index (χ2n) is 4.68. The van der Waals surface area contributed by atoms with Crippen LogP contribution in [0, 0.1) is 18.3 Å². The topological polar surface area (TPSA) is 59.3 Å². The number of aryl methyl sites for hydroxylation is 1. The summed E-state index contributed by atoms with van der Waals surface area (Å²) in [5.74, 6) is 0.330. The molecule has 1 aromatic rings. The summed E-state index contributed by atoms with van der Waals surface area (Å²) in [6.45, 7) is 5.60. The SMILES string of the molecule is Cc1cccc([C@@H](CC#N)N2CCNCC2)c1O. The molecule has 1 aromatic carbocycles. The minimum atomic E-state index is -0.00278. The third kappa shape index (κ3) is 2.63. The molecular formula is C14H19N3O. The molecule has 0 radical (unpaired) electrons. The lowest BCUT2D eigenvalue weighted by Gasteiger charge is -2.34. The van der Waals surface area contributed by atoms with Gasteiger partial charge >= 0.3 is 0 Å². The molecule has 4 nitrogen and oxygen atoms in total. The Balaban J connectivity index is 2.28. The van der Waals surface area contributed by atoms with Crippen molar-refractivity contribution in [3.63, 3.8) is 0 Å². The Labute approximate surface area is 108 Å². The number of nitrogens with zero attached hydrogens (tertiary/aromatic N) is 2. The summed E-state index contributed by atoms with van der Waals surface area (Å²) in [6.07, 6.45) is 0.414. The van der Waals surface area contributed by atoms with E-state index >= 15 is 0 Å². The second kappa shape index (κ2) is 5.85. The number of hydrogen-bond donors (Lipinski definition) is 2. The van der Waals surface area contributed by atoms with Crippen LogP contribution < -0.4 is 5.32 Å².